The molecule has 138 valence electrons. The van der Waals surface area contributed by atoms with Crippen LogP contribution in [0.3, 0.4) is 0 Å². The molecule has 1 unspecified atom stereocenters. The first-order valence-electron chi connectivity index (χ1n) is 8.23. The molecule has 1 atom stereocenters. The quantitative estimate of drug-likeness (QED) is 0.825. The van der Waals surface area contributed by atoms with Gasteiger partial charge in [0.15, 0.2) is 9.84 Å². The number of aryl methyl sites for hydroxylation is 1. The Kier molecular flexibility index (Phi) is 5.11. The van der Waals surface area contributed by atoms with Gasteiger partial charge in [-0.3, -0.25) is 4.79 Å². The van der Waals surface area contributed by atoms with Crippen LogP contribution in [0.5, 0.6) is 0 Å². The van der Waals surface area contributed by atoms with Crippen molar-refractivity contribution in [3.05, 3.63) is 65.0 Å². The average molecular weight is 377 g/mol. The summed E-state index contributed by atoms with van der Waals surface area (Å²) in [5.74, 6) is -0.561. The summed E-state index contributed by atoms with van der Waals surface area (Å²) in [6, 6.07) is 10.6. The Hall–Kier alpha value is -2.25. The third-order valence-corrected chi connectivity index (χ3v) is 5.57. The van der Waals surface area contributed by atoms with Gasteiger partial charge in [-0.1, -0.05) is 18.2 Å². The normalized spacial score (nSPS) is 18.0. The Bertz CT molecular complexity index is 925. The summed E-state index contributed by atoms with van der Waals surface area (Å²) in [5.41, 5.74) is 1.88. The monoisotopic (exact) mass is 377 g/mol. The van der Waals surface area contributed by atoms with E-state index in [-0.39, 0.29) is 22.7 Å². The Balaban J connectivity index is 1.84. The smallest absolute Gasteiger partial charge is 0.254 e. The average Bonchev–Trinajstić information content (AvgIpc) is 2.61. The zero-order valence-corrected chi connectivity index (χ0v) is 15.4. The van der Waals surface area contributed by atoms with Crippen LogP contribution < -0.4 is 0 Å². The maximum atomic E-state index is 13.1. The topological polar surface area (TPSA) is 63.7 Å². The van der Waals surface area contributed by atoms with Gasteiger partial charge >= 0.3 is 0 Å². The predicted molar refractivity (Wildman–Crippen MR) is 95.3 cm³/mol. The van der Waals surface area contributed by atoms with E-state index in [0.717, 1.165) is 11.8 Å². The first-order valence-corrected chi connectivity index (χ1v) is 10.1. The molecule has 0 spiro atoms. The van der Waals surface area contributed by atoms with Gasteiger partial charge < -0.3 is 9.64 Å². The number of rotatable bonds is 3. The number of sulfone groups is 1. The van der Waals surface area contributed by atoms with Crippen molar-refractivity contribution in [2.45, 2.75) is 17.9 Å². The van der Waals surface area contributed by atoms with Crippen LogP contribution in [0, 0.1) is 12.7 Å². The molecule has 7 heteroatoms. The third kappa shape index (κ3) is 3.94. The van der Waals surface area contributed by atoms with Crippen molar-refractivity contribution in [3.63, 3.8) is 0 Å². The SMILES string of the molecule is Cc1ccc(S(C)(=O)=O)cc1C(=O)N1CCOC(c2ccc(F)cc2)C1. The summed E-state index contributed by atoms with van der Waals surface area (Å²) >= 11 is 0. The second kappa shape index (κ2) is 7.17. The lowest BCUT2D eigenvalue weighted by molar-refractivity contribution is -0.0228. The molecule has 1 saturated heterocycles. The fraction of sp³-hybridized carbons (Fsp3) is 0.316. The molecule has 3 rings (SSSR count). The van der Waals surface area contributed by atoms with Gasteiger partial charge in [-0.25, -0.2) is 12.8 Å². The van der Waals surface area contributed by atoms with Crippen LogP contribution in [0.1, 0.15) is 27.6 Å². The number of carbonyl (C=O) groups is 1. The minimum Gasteiger partial charge on any atom is -0.370 e. The Morgan fingerprint density at radius 1 is 1.19 bits per heavy atom. The number of amides is 1. The first-order chi connectivity index (χ1) is 12.3. The van der Waals surface area contributed by atoms with Crippen LogP contribution in [0.25, 0.3) is 0 Å². The molecule has 1 fully saturated rings. The van der Waals surface area contributed by atoms with Gasteiger partial charge in [0.1, 0.15) is 11.9 Å². The van der Waals surface area contributed by atoms with E-state index >= 15 is 0 Å². The summed E-state index contributed by atoms with van der Waals surface area (Å²) < 4.78 is 42.4. The van der Waals surface area contributed by atoms with E-state index in [2.05, 4.69) is 0 Å². The molecule has 0 aromatic heterocycles. The van der Waals surface area contributed by atoms with Crippen molar-refractivity contribution in [3.8, 4) is 0 Å². The fourth-order valence-corrected chi connectivity index (χ4v) is 3.59. The standard InChI is InChI=1S/C19H20FNO4S/c1-13-3-8-16(26(2,23)24)11-17(13)19(22)21-9-10-25-18(12-21)14-4-6-15(20)7-5-14/h3-8,11,18H,9-10,12H2,1-2H3. The minimum absolute atomic E-state index is 0.120. The molecule has 0 bridgehead atoms. The summed E-state index contributed by atoms with van der Waals surface area (Å²) in [4.78, 5) is 14.7. The van der Waals surface area contributed by atoms with Crippen LogP contribution in [0.4, 0.5) is 4.39 Å². The number of hydrogen-bond acceptors (Lipinski definition) is 4. The van der Waals surface area contributed by atoms with Gasteiger partial charge in [-0.05, 0) is 42.3 Å². The summed E-state index contributed by atoms with van der Waals surface area (Å²) in [7, 11) is -3.40. The van der Waals surface area contributed by atoms with E-state index in [1.54, 1.807) is 30.0 Å². The van der Waals surface area contributed by atoms with Gasteiger partial charge in [-0.2, -0.15) is 0 Å². The van der Waals surface area contributed by atoms with E-state index in [0.29, 0.717) is 30.8 Å². The first kappa shape index (κ1) is 18.5. The number of nitrogens with zero attached hydrogens (tertiary/aromatic N) is 1. The number of morpholine rings is 1. The van der Waals surface area contributed by atoms with Gasteiger partial charge in [0.2, 0.25) is 0 Å². The highest BCUT2D eigenvalue weighted by atomic mass is 32.2. The lowest BCUT2D eigenvalue weighted by Gasteiger charge is -2.33. The van der Waals surface area contributed by atoms with Crippen molar-refractivity contribution in [1.82, 2.24) is 4.90 Å². The Morgan fingerprint density at radius 2 is 1.88 bits per heavy atom. The maximum Gasteiger partial charge on any atom is 0.254 e. The molecular weight excluding hydrogens is 357 g/mol. The van der Waals surface area contributed by atoms with Crippen LogP contribution >= 0.6 is 0 Å². The molecule has 0 radical (unpaired) electrons. The van der Waals surface area contributed by atoms with Crippen molar-refractivity contribution in [2.24, 2.45) is 0 Å². The largest absolute Gasteiger partial charge is 0.370 e. The fourth-order valence-electron chi connectivity index (χ4n) is 2.95. The second-order valence-electron chi connectivity index (χ2n) is 6.41. The van der Waals surface area contributed by atoms with Crippen molar-refractivity contribution < 1.29 is 22.3 Å². The van der Waals surface area contributed by atoms with Gasteiger partial charge in [0.05, 0.1) is 18.0 Å². The molecule has 1 aliphatic rings. The highest BCUT2D eigenvalue weighted by Crippen LogP contribution is 2.25. The number of carbonyl (C=O) groups excluding carboxylic acids is 1. The molecule has 2 aromatic carbocycles. The van der Waals surface area contributed by atoms with Crippen molar-refractivity contribution in [1.29, 1.82) is 0 Å². The lowest BCUT2D eigenvalue weighted by atomic mass is 10.0. The van der Waals surface area contributed by atoms with Crippen molar-refractivity contribution >= 4 is 15.7 Å². The summed E-state index contributed by atoms with van der Waals surface area (Å²) in [6.45, 7) is 2.88. The molecule has 1 aliphatic heterocycles. The van der Waals surface area contributed by atoms with Gasteiger partial charge in [0.25, 0.3) is 5.91 Å². The molecular formula is C19H20FNO4S. The van der Waals surface area contributed by atoms with Crippen LogP contribution in [0.15, 0.2) is 47.4 Å². The molecule has 1 amide bonds. The maximum absolute atomic E-state index is 13.1. The van der Waals surface area contributed by atoms with E-state index in [1.165, 1.54) is 24.3 Å². The van der Waals surface area contributed by atoms with Gasteiger partial charge in [-0.15, -0.1) is 0 Å². The third-order valence-electron chi connectivity index (χ3n) is 4.46. The molecule has 26 heavy (non-hydrogen) atoms. The van der Waals surface area contributed by atoms with E-state index < -0.39 is 9.84 Å². The Labute approximate surface area is 152 Å². The highest BCUT2D eigenvalue weighted by Gasteiger charge is 2.27. The number of benzene rings is 2. The molecule has 0 saturated carbocycles. The molecule has 2 aromatic rings. The number of ether oxygens (including phenoxy) is 1. The second-order valence-corrected chi connectivity index (χ2v) is 8.43. The van der Waals surface area contributed by atoms with E-state index in [9.17, 15) is 17.6 Å². The zero-order chi connectivity index (χ0) is 18.9. The van der Waals surface area contributed by atoms with Gasteiger partial charge in [0, 0.05) is 18.4 Å². The Morgan fingerprint density at radius 3 is 2.54 bits per heavy atom. The lowest BCUT2D eigenvalue weighted by Crippen LogP contribution is -2.42. The molecule has 0 aliphatic carbocycles. The minimum atomic E-state index is -3.40. The number of hydrogen-bond donors (Lipinski definition) is 0. The van der Waals surface area contributed by atoms with Crippen LogP contribution in [-0.2, 0) is 14.6 Å². The van der Waals surface area contributed by atoms with Crippen molar-refractivity contribution in [2.75, 3.05) is 26.0 Å². The van der Waals surface area contributed by atoms with Crippen LogP contribution in [0.2, 0.25) is 0 Å². The highest BCUT2D eigenvalue weighted by molar-refractivity contribution is 7.90. The van der Waals surface area contributed by atoms with Crippen LogP contribution in [-0.4, -0.2) is 45.2 Å². The zero-order valence-electron chi connectivity index (χ0n) is 14.6. The summed E-state index contributed by atoms with van der Waals surface area (Å²) in [5, 5.41) is 0. The summed E-state index contributed by atoms with van der Waals surface area (Å²) in [6.07, 6.45) is 0.775. The molecule has 1 heterocycles. The molecule has 5 nitrogen and oxygen atoms in total. The van der Waals surface area contributed by atoms with E-state index in [4.69, 9.17) is 4.74 Å². The van der Waals surface area contributed by atoms with E-state index in [1.807, 2.05) is 0 Å². The predicted octanol–water partition coefficient (Wildman–Crippen LogP) is 2.75. The molecule has 0 N–H and O–H groups in total. The number of halogens is 1.